The van der Waals surface area contributed by atoms with E-state index in [0.29, 0.717) is 6.54 Å². The molecule has 104 valence electrons. The van der Waals surface area contributed by atoms with Crippen molar-refractivity contribution in [1.82, 2.24) is 4.90 Å². The van der Waals surface area contributed by atoms with Gasteiger partial charge in [0.1, 0.15) is 0 Å². The number of amides is 1. The first-order valence-electron chi connectivity index (χ1n) is 6.90. The zero-order chi connectivity index (χ0) is 13.8. The Balaban J connectivity index is 1.87. The van der Waals surface area contributed by atoms with Crippen LogP contribution in [-0.2, 0) is 11.3 Å². The van der Waals surface area contributed by atoms with Crippen molar-refractivity contribution in [2.45, 2.75) is 32.4 Å². The van der Waals surface area contributed by atoms with E-state index in [1.165, 1.54) is 12.8 Å². The van der Waals surface area contributed by atoms with Gasteiger partial charge in [-0.1, -0.05) is 12.1 Å². The molecular formula is C15H23N3O. The molecule has 1 atom stereocenters. The van der Waals surface area contributed by atoms with Gasteiger partial charge in [0.15, 0.2) is 0 Å². The SMILES string of the molecule is CC(C(=O)Nc1ccc(CN)cc1)N(C)CC1CC1. The van der Waals surface area contributed by atoms with E-state index in [-0.39, 0.29) is 11.9 Å². The van der Waals surface area contributed by atoms with E-state index in [9.17, 15) is 4.79 Å². The molecule has 1 saturated carbocycles. The predicted molar refractivity (Wildman–Crippen MR) is 77.8 cm³/mol. The summed E-state index contributed by atoms with van der Waals surface area (Å²) in [6.07, 6.45) is 2.61. The Bertz CT molecular complexity index is 426. The molecule has 4 nitrogen and oxygen atoms in total. The van der Waals surface area contributed by atoms with Crippen molar-refractivity contribution in [3.05, 3.63) is 29.8 Å². The maximum atomic E-state index is 12.1. The highest BCUT2D eigenvalue weighted by Crippen LogP contribution is 2.29. The van der Waals surface area contributed by atoms with Crippen molar-refractivity contribution in [2.75, 3.05) is 18.9 Å². The Morgan fingerprint density at radius 1 is 1.42 bits per heavy atom. The summed E-state index contributed by atoms with van der Waals surface area (Å²) in [4.78, 5) is 14.3. The summed E-state index contributed by atoms with van der Waals surface area (Å²) in [5.74, 6) is 0.840. The van der Waals surface area contributed by atoms with Crippen LogP contribution in [0.2, 0.25) is 0 Å². The van der Waals surface area contributed by atoms with E-state index in [4.69, 9.17) is 5.73 Å². The second kappa shape index (κ2) is 6.17. The predicted octanol–water partition coefficient (Wildman–Crippen LogP) is 1.81. The second-order valence-electron chi connectivity index (χ2n) is 5.45. The lowest BCUT2D eigenvalue weighted by atomic mass is 10.2. The Kier molecular flexibility index (Phi) is 4.56. The normalized spacial score (nSPS) is 16.4. The molecule has 1 aromatic carbocycles. The number of carbonyl (C=O) groups is 1. The highest BCUT2D eigenvalue weighted by Gasteiger charge is 2.26. The third kappa shape index (κ3) is 4.04. The molecule has 0 radical (unpaired) electrons. The molecule has 1 fully saturated rings. The van der Waals surface area contributed by atoms with Gasteiger partial charge in [0.05, 0.1) is 6.04 Å². The van der Waals surface area contributed by atoms with E-state index < -0.39 is 0 Å². The standard InChI is InChI=1S/C15H23N3O/c1-11(18(2)10-13-3-4-13)15(19)17-14-7-5-12(9-16)6-8-14/h5-8,11,13H,3-4,9-10,16H2,1-2H3,(H,17,19). The van der Waals surface area contributed by atoms with E-state index >= 15 is 0 Å². The van der Waals surface area contributed by atoms with Gasteiger partial charge in [0, 0.05) is 18.8 Å². The number of nitrogens with two attached hydrogens (primary N) is 1. The van der Waals surface area contributed by atoms with Crippen LogP contribution in [0.5, 0.6) is 0 Å². The molecule has 1 aliphatic carbocycles. The average molecular weight is 261 g/mol. The highest BCUT2D eigenvalue weighted by atomic mass is 16.2. The van der Waals surface area contributed by atoms with E-state index in [0.717, 1.165) is 23.7 Å². The van der Waals surface area contributed by atoms with Crippen LogP contribution in [-0.4, -0.2) is 30.4 Å². The van der Waals surface area contributed by atoms with E-state index in [1.54, 1.807) is 0 Å². The molecule has 1 aliphatic rings. The van der Waals surface area contributed by atoms with Gasteiger partial charge in [-0.15, -0.1) is 0 Å². The fourth-order valence-corrected chi connectivity index (χ4v) is 2.04. The van der Waals surface area contributed by atoms with Gasteiger partial charge >= 0.3 is 0 Å². The Labute approximate surface area is 115 Å². The number of benzene rings is 1. The molecule has 0 heterocycles. The molecular weight excluding hydrogens is 238 g/mol. The lowest BCUT2D eigenvalue weighted by Gasteiger charge is -2.23. The zero-order valence-corrected chi connectivity index (χ0v) is 11.7. The minimum atomic E-state index is -0.102. The summed E-state index contributed by atoms with van der Waals surface area (Å²) in [6, 6.07) is 7.57. The van der Waals surface area contributed by atoms with Crippen LogP contribution in [0.15, 0.2) is 24.3 Å². The molecule has 0 saturated heterocycles. The van der Waals surface area contributed by atoms with Crippen molar-refractivity contribution in [3.63, 3.8) is 0 Å². The Morgan fingerprint density at radius 2 is 2.05 bits per heavy atom. The molecule has 1 aromatic rings. The van der Waals surface area contributed by atoms with Crippen molar-refractivity contribution >= 4 is 11.6 Å². The number of nitrogens with zero attached hydrogens (tertiary/aromatic N) is 1. The molecule has 0 aliphatic heterocycles. The van der Waals surface area contributed by atoms with Crippen LogP contribution < -0.4 is 11.1 Å². The van der Waals surface area contributed by atoms with Crippen LogP contribution in [0.3, 0.4) is 0 Å². The molecule has 3 N–H and O–H groups in total. The minimum absolute atomic E-state index is 0.0450. The molecule has 19 heavy (non-hydrogen) atoms. The van der Waals surface area contributed by atoms with Gasteiger partial charge in [-0.05, 0) is 50.4 Å². The average Bonchev–Trinajstić information content (AvgIpc) is 3.22. The van der Waals surface area contributed by atoms with Crippen molar-refractivity contribution in [2.24, 2.45) is 11.7 Å². The van der Waals surface area contributed by atoms with Crippen LogP contribution >= 0.6 is 0 Å². The molecule has 1 unspecified atom stereocenters. The fourth-order valence-electron chi connectivity index (χ4n) is 2.04. The van der Waals surface area contributed by atoms with Crippen LogP contribution in [0.25, 0.3) is 0 Å². The Hall–Kier alpha value is -1.39. The molecule has 0 spiro atoms. The van der Waals surface area contributed by atoms with E-state index in [1.807, 2.05) is 38.2 Å². The summed E-state index contributed by atoms with van der Waals surface area (Å²) in [5, 5.41) is 2.95. The van der Waals surface area contributed by atoms with Crippen molar-refractivity contribution in [1.29, 1.82) is 0 Å². The minimum Gasteiger partial charge on any atom is -0.326 e. The van der Waals surface area contributed by atoms with Gasteiger partial charge < -0.3 is 11.1 Å². The van der Waals surface area contributed by atoms with Crippen LogP contribution in [0.1, 0.15) is 25.3 Å². The number of rotatable bonds is 6. The largest absolute Gasteiger partial charge is 0.326 e. The van der Waals surface area contributed by atoms with Gasteiger partial charge in [-0.25, -0.2) is 0 Å². The number of nitrogens with one attached hydrogen (secondary N) is 1. The van der Waals surface area contributed by atoms with Gasteiger partial charge in [-0.3, -0.25) is 9.69 Å². The van der Waals surface area contributed by atoms with Gasteiger partial charge in [-0.2, -0.15) is 0 Å². The van der Waals surface area contributed by atoms with Gasteiger partial charge in [0.2, 0.25) is 5.91 Å². The summed E-state index contributed by atoms with van der Waals surface area (Å²) >= 11 is 0. The first kappa shape index (κ1) is 14.0. The smallest absolute Gasteiger partial charge is 0.241 e. The topological polar surface area (TPSA) is 58.4 Å². The zero-order valence-electron chi connectivity index (χ0n) is 11.7. The summed E-state index contributed by atoms with van der Waals surface area (Å²) in [6.45, 7) is 3.49. The van der Waals surface area contributed by atoms with Crippen molar-refractivity contribution < 1.29 is 4.79 Å². The number of carbonyl (C=O) groups excluding carboxylic acids is 1. The second-order valence-corrected chi connectivity index (χ2v) is 5.45. The number of hydrogen-bond donors (Lipinski definition) is 2. The summed E-state index contributed by atoms with van der Waals surface area (Å²) in [5.41, 5.74) is 7.44. The molecule has 2 rings (SSSR count). The summed E-state index contributed by atoms with van der Waals surface area (Å²) in [7, 11) is 2.01. The van der Waals surface area contributed by atoms with E-state index in [2.05, 4.69) is 10.2 Å². The quantitative estimate of drug-likeness (QED) is 0.821. The molecule has 0 bridgehead atoms. The number of hydrogen-bond acceptors (Lipinski definition) is 3. The molecule has 1 amide bonds. The number of likely N-dealkylation sites (N-methyl/N-ethyl adjacent to an activating group) is 1. The monoisotopic (exact) mass is 261 g/mol. The molecule has 4 heteroatoms. The molecule has 0 aromatic heterocycles. The maximum absolute atomic E-state index is 12.1. The first-order chi connectivity index (χ1) is 9.10. The maximum Gasteiger partial charge on any atom is 0.241 e. The first-order valence-corrected chi connectivity index (χ1v) is 6.90. The fraction of sp³-hybridized carbons (Fsp3) is 0.533. The van der Waals surface area contributed by atoms with Crippen LogP contribution in [0.4, 0.5) is 5.69 Å². The third-order valence-electron chi connectivity index (χ3n) is 3.74. The number of anilines is 1. The lowest BCUT2D eigenvalue weighted by Crippen LogP contribution is -2.40. The van der Waals surface area contributed by atoms with Gasteiger partial charge in [0.25, 0.3) is 0 Å². The third-order valence-corrected chi connectivity index (χ3v) is 3.74. The van der Waals surface area contributed by atoms with Crippen LogP contribution in [0, 0.1) is 5.92 Å². The highest BCUT2D eigenvalue weighted by molar-refractivity contribution is 5.94. The Morgan fingerprint density at radius 3 is 2.58 bits per heavy atom. The summed E-state index contributed by atoms with van der Waals surface area (Å²) < 4.78 is 0. The lowest BCUT2D eigenvalue weighted by molar-refractivity contribution is -0.120. The van der Waals surface area contributed by atoms with Crippen molar-refractivity contribution in [3.8, 4) is 0 Å².